The Morgan fingerprint density at radius 3 is 2.40 bits per heavy atom. The van der Waals surface area contributed by atoms with Gasteiger partial charge in [0.25, 0.3) is 0 Å². The molecule has 2 aromatic rings. The topological polar surface area (TPSA) is 48.9 Å². The fourth-order valence-electron chi connectivity index (χ4n) is 1.06. The van der Waals surface area contributed by atoms with Crippen LogP contribution in [0.2, 0.25) is 0 Å². The van der Waals surface area contributed by atoms with Crippen LogP contribution in [0.1, 0.15) is 33.4 Å². The van der Waals surface area contributed by atoms with E-state index >= 15 is 0 Å². The number of aromatic amines is 1. The molecule has 0 saturated carbocycles. The second-order valence-electron chi connectivity index (χ2n) is 2.37. The van der Waals surface area contributed by atoms with Gasteiger partial charge in [0.2, 0.25) is 0 Å². The summed E-state index contributed by atoms with van der Waals surface area (Å²) < 4.78 is 0. The summed E-state index contributed by atoms with van der Waals surface area (Å²) in [7, 11) is 0. The zero-order valence-electron chi connectivity index (χ0n) is 9.91. The first-order chi connectivity index (χ1) is 7.40. The van der Waals surface area contributed by atoms with Crippen LogP contribution in [-0.2, 0) is 6.61 Å². The minimum Gasteiger partial charge on any atom is -0.390 e. The van der Waals surface area contributed by atoms with Crippen LogP contribution in [0.25, 0.3) is 11.0 Å². The molecule has 0 radical (unpaired) electrons. The molecule has 2 rings (SSSR count). The maximum absolute atomic E-state index is 8.76. The summed E-state index contributed by atoms with van der Waals surface area (Å²) in [5.41, 5.74) is 2.61. The molecular weight excluding hydrogens is 188 g/mol. The van der Waals surface area contributed by atoms with Gasteiger partial charge in [-0.1, -0.05) is 27.7 Å². The van der Waals surface area contributed by atoms with Gasteiger partial charge < -0.3 is 10.1 Å². The predicted octanol–water partition coefficient (Wildman–Crippen LogP) is 3.11. The number of hydrogen-bond acceptors (Lipinski definition) is 2. The van der Waals surface area contributed by atoms with E-state index in [1.807, 2.05) is 46.0 Å². The van der Waals surface area contributed by atoms with Crippen molar-refractivity contribution < 1.29 is 5.11 Å². The Morgan fingerprint density at radius 1 is 1.13 bits per heavy atom. The van der Waals surface area contributed by atoms with Crippen LogP contribution in [0.3, 0.4) is 0 Å². The van der Waals surface area contributed by atoms with Gasteiger partial charge in [0.1, 0.15) is 0 Å². The van der Waals surface area contributed by atoms with Crippen LogP contribution in [0, 0.1) is 0 Å². The highest BCUT2D eigenvalue weighted by atomic mass is 16.3. The largest absolute Gasteiger partial charge is 0.390 e. The molecule has 0 aliphatic heterocycles. The third-order valence-corrected chi connectivity index (χ3v) is 1.62. The van der Waals surface area contributed by atoms with E-state index < -0.39 is 0 Å². The summed E-state index contributed by atoms with van der Waals surface area (Å²) in [6, 6.07) is 5.60. The van der Waals surface area contributed by atoms with Crippen molar-refractivity contribution in [2.24, 2.45) is 0 Å². The van der Waals surface area contributed by atoms with Crippen LogP contribution in [0.5, 0.6) is 0 Å². The first kappa shape index (κ1) is 13.7. The van der Waals surface area contributed by atoms with Gasteiger partial charge in [-0.3, -0.25) is 0 Å². The highest BCUT2D eigenvalue weighted by molar-refractivity contribution is 5.74. The number of nitrogens with zero attached hydrogens (tertiary/aromatic N) is 1. The number of aromatic nitrogens is 2. The van der Waals surface area contributed by atoms with Crippen molar-refractivity contribution >= 4 is 11.0 Å². The van der Waals surface area contributed by atoms with Crippen molar-refractivity contribution in [3.63, 3.8) is 0 Å². The van der Waals surface area contributed by atoms with E-state index in [9.17, 15) is 0 Å². The van der Waals surface area contributed by atoms with Crippen molar-refractivity contribution in [3.8, 4) is 0 Å². The molecule has 84 valence electrons. The molecule has 0 saturated heterocycles. The van der Waals surface area contributed by atoms with Crippen molar-refractivity contribution in [1.29, 1.82) is 0 Å². The number of nitrogens with one attached hydrogen (secondary N) is 1. The van der Waals surface area contributed by atoms with Gasteiger partial charge in [0.15, 0.2) is 0 Å². The van der Waals surface area contributed by atoms with Gasteiger partial charge in [0.05, 0.1) is 23.3 Å². The van der Waals surface area contributed by atoms with Crippen LogP contribution in [0.15, 0.2) is 24.4 Å². The Kier molecular flexibility index (Phi) is 7.28. The van der Waals surface area contributed by atoms with E-state index in [0.717, 1.165) is 11.0 Å². The summed E-state index contributed by atoms with van der Waals surface area (Å²) in [4.78, 5) is 7.20. The van der Waals surface area contributed by atoms with Crippen molar-refractivity contribution in [1.82, 2.24) is 9.97 Å². The zero-order valence-corrected chi connectivity index (χ0v) is 9.91. The summed E-state index contributed by atoms with van der Waals surface area (Å²) in [5.74, 6) is 0. The maximum atomic E-state index is 8.76. The molecule has 0 amide bonds. The lowest BCUT2D eigenvalue weighted by Gasteiger charge is -1.93. The SMILES string of the molecule is CC.CC.OCc1ccc2[nH]ccc2n1. The number of aliphatic hydroxyl groups is 1. The van der Waals surface area contributed by atoms with E-state index in [1.165, 1.54) is 0 Å². The Morgan fingerprint density at radius 2 is 1.80 bits per heavy atom. The van der Waals surface area contributed by atoms with E-state index in [-0.39, 0.29) is 6.61 Å². The predicted molar refractivity (Wildman–Crippen MR) is 64.7 cm³/mol. The van der Waals surface area contributed by atoms with E-state index in [4.69, 9.17) is 5.11 Å². The molecule has 15 heavy (non-hydrogen) atoms. The Balaban J connectivity index is 0.000000442. The van der Waals surface area contributed by atoms with Gasteiger partial charge in [-0.2, -0.15) is 0 Å². The molecule has 0 aliphatic rings. The number of aliphatic hydroxyl groups excluding tert-OH is 1. The second kappa shape index (κ2) is 8.00. The summed E-state index contributed by atoms with van der Waals surface area (Å²) >= 11 is 0. The lowest BCUT2D eigenvalue weighted by atomic mass is 10.3. The van der Waals surface area contributed by atoms with Crippen LogP contribution >= 0.6 is 0 Å². The smallest absolute Gasteiger partial charge is 0.0883 e. The Labute approximate surface area is 91.2 Å². The monoisotopic (exact) mass is 208 g/mol. The van der Waals surface area contributed by atoms with Gasteiger partial charge in [-0.25, -0.2) is 4.98 Å². The van der Waals surface area contributed by atoms with E-state index in [2.05, 4.69) is 9.97 Å². The molecule has 0 atom stereocenters. The molecule has 2 heterocycles. The molecule has 3 nitrogen and oxygen atoms in total. The number of H-pyrrole nitrogens is 1. The minimum atomic E-state index is 0.00111. The molecular formula is C12H20N2O. The van der Waals surface area contributed by atoms with Crippen molar-refractivity contribution in [2.75, 3.05) is 0 Å². The molecule has 0 aliphatic carbocycles. The summed E-state index contributed by atoms with van der Waals surface area (Å²) in [6.07, 6.45) is 1.83. The molecule has 0 bridgehead atoms. The second-order valence-corrected chi connectivity index (χ2v) is 2.37. The normalized spacial score (nSPS) is 8.60. The van der Waals surface area contributed by atoms with Crippen molar-refractivity contribution in [2.45, 2.75) is 34.3 Å². The highest BCUT2D eigenvalue weighted by Gasteiger charge is 1.95. The zero-order chi connectivity index (χ0) is 11.7. The van der Waals surface area contributed by atoms with Gasteiger partial charge in [-0.05, 0) is 18.2 Å². The average molecular weight is 208 g/mol. The standard InChI is InChI=1S/C8H8N2O.2C2H6/c11-5-6-1-2-7-8(10-6)3-4-9-7;2*1-2/h1-4,9,11H,5H2;2*1-2H3. The quantitative estimate of drug-likeness (QED) is 0.756. The van der Waals surface area contributed by atoms with E-state index in [1.54, 1.807) is 6.07 Å². The van der Waals surface area contributed by atoms with Crippen molar-refractivity contribution in [3.05, 3.63) is 30.1 Å². The molecule has 0 spiro atoms. The third-order valence-electron chi connectivity index (χ3n) is 1.62. The molecule has 0 aromatic carbocycles. The number of hydrogen-bond donors (Lipinski definition) is 2. The molecule has 3 heteroatoms. The van der Waals surface area contributed by atoms with Gasteiger partial charge in [-0.15, -0.1) is 0 Å². The summed E-state index contributed by atoms with van der Waals surface area (Å²) in [5, 5.41) is 8.76. The number of pyridine rings is 1. The van der Waals surface area contributed by atoms with Crippen LogP contribution in [-0.4, -0.2) is 15.1 Å². The fourth-order valence-corrected chi connectivity index (χ4v) is 1.06. The molecule has 0 unspecified atom stereocenters. The highest BCUT2D eigenvalue weighted by Crippen LogP contribution is 2.09. The lowest BCUT2D eigenvalue weighted by molar-refractivity contribution is 0.277. The minimum absolute atomic E-state index is 0.00111. The number of rotatable bonds is 1. The third kappa shape index (κ3) is 3.72. The molecule has 2 N–H and O–H groups in total. The lowest BCUT2D eigenvalue weighted by Crippen LogP contribution is -1.87. The maximum Gasteiger partial charge on any atom is 0.0883 e. The van der Waals surface area contributed by atoms with Gasteiger partial charge >= 0.3 is 0 Å². The Bertz CT molecular complexity index is 368. The van der Waals surface area contributed by atoms with E-state index in [0.29, 0.717) is 5.69 Å². The molecule has 2 aromatic heterocycles. The van der Waals surface area contributed by atoms with Crippen LogP contribution in [0.4, 0.5) is 0 Å². The average Bonchev–Trinajstić information content (AvgIpc) is 2.81. The Hall–Kier alpha value is -1.35. The first-order valence-electron chi connectivity index (χ1n) is 5.44. The number of fused-ring (bicyclic) bond motifs is 1. The first-order valence-corrected chi connectivity index (χ1v) is 5.44. The van der Waals surface area contributed by atoms with Crippen LogP contribution < -0.4 is 0 Å². The fraction of sp³-hybridized carbons (Fsp3) is 0.417. The van der Waals surface area contributed by atoms with Gasteiger partial charge in [0, 0.05) is 6.20 Å². The molecule has 0 fully saturated rings. The summed E-state index contributed by atoms with van der Waals surface area (Å²) in [6.45, 7) is 8.00.